The molecule has 0 aliphatic carbocycles. The Morgan fingerprint density at radius 3 is 2.84 bits per heavy atom. The first-order valence-corrected chi connectivity index (χ1v) is 6.02. The van der Waals surface area contributed by atoms with Crippen molar-refractivity contribution in [2.45, 2.75) is 0 Å². The molecule has 0 atom stereocenters. The molecule has 2 heterocycles. The Bertz CT molecular complexity index is 740. The van der Waals surface area contributed by atoms with Crippen LogP contribution in [-0.4, -0.2) is 15.5 Å². The van der Waals surface area contributed by atoms with Crippen LogP contribution < -0.4 is 5.32 Å². The van der Waals surface area contributed by atoms with E-state index in [1.807, 2.05) is 49.6 Å². The molecule has 1 amide bonds. The maximum Gasteiger partial charge on any atom is 0.272 e. The molecule has 0 bridgehead atoms. The molecular weight excluding hydrogens is 238 g/mol. The van der Waals surface area contributed by atoms with Gasteiger partial charge in [0.05, 0.1) is 11.2 Å². The molecule has 4 nitrogen and oxygen atoms in total. The molecule has 0 spiro atoms. The van der Waals surface area contributed by atoms with Crippen molar-refractivity contribution in [1.29, 1.82) is 0 Å². The number of aryl methyl sites for hydroxylation is 1. The van der Waals surface area contributed by atoms with E-state index in [-0.39, 0.29) is 5.91 Å². The number of amides is 1. The van der Waals surface area contributed by atoms with Crippen LogP contribution in [0.15, 0.2) is 54.9 Å². The molecule has 94 valence electrons. The molecule has 1 aromatic carbocycles. The van der Waals surface area contributed by atoms with Crippen LogP contribution in [0.25, 0.3) is 10.9 Å². The van der Waals surface area contributed by atoms with Gasteiger partial charge in [-0.2, -0.15) is 0 Å². The van der Waals surface area contributed by atoms with Gasteiger partial charge in [0.1, 0.15) is 5.69 Å². The lowest BCUT2D eigenvalue weighted by Crippen LogP contribution is -2.15. The molecule has 0 unspecified atom stereocenters. The number of anilines is 1. The maximum absolute atomic E-state index is 12.2. The van der Waals surface area contributed by atoms with Gasteiger partial charge in [0, 0.05) is 24.8 Å². The average molecular weight is 251 g/mol. The molecule has 0 fully saturated rings. The molecule has 1 N–H and O–H groups in total. The lowest BCUT2D eigenvalue weighted by atomic mass is 10.2. The summed E-state index contributed by atoms with van der Waals surface area (Å²) < 4.78 is 1.79. The van der Waals surface area contributed by atoms with Gasteiger partial charge in [0.25, 0.3) is 5.91 Å². The fourth-order valence-corrected chi connectivity index (χ4v) is 2.10. The van der Waals surface area contributed by atoms with E-state index in [2.05, 4.69) is 10.3 Å². The highest BCUT2D eigenvalue weighted by Crippen LogP contribution is 2.21. The van der Waals surface area contributed by atoms with Crippen molar-refractivity contribution in [3.8, 4) is 0 Å². The lowest BCUT2D eigenvalue weighted by molar-refractivity contribution is 0.101. The summed E-state index contributed by atoms with van der Waals surface area (Å²) >= 11 is 0. The average Bonchev–Trinajstić information content (AvgIpc) is 2.85. The summed E-state index contributed by atoms with van der Waals surface area (Å²) in [5.74, 6) is -0.121. The van der Waals surface area contributed by atoms with Gasteiger partial charge < -0.3 is 9.88 Å². The molecule has 2 aromatic heterocycles. The predicted molar refractivity (Wildman–Crippen MR) is 75.1 cm³/mol. The van der Waals surface area contributed by atoms with Crippen molar-refractivity contribution in [2.75, 3.05) is 5.32 Å². The van der Waals surface area contributed by atoms with Gasteiger partial charge in [-0.25, -0.2) is 0 Å². The highest BCUT2D eigenvalue weighted by molar-refractivity contribution is 6.07. The Morgan fingerprint density at radius 1 is 1.16 bits per heavy atom. The monoisotopic (exact) mass is 251 g/mol. The summed E-state index contributed by atoms with van der Waals surface area (Å²) in [7, 11) is 1.85. The maximum atomic E-state index is 12.2. The van der Waals surface area contributed by atoms with E-state index in [0.717, 1.165) is 16.6 Å². The number of pyridine rings is 1. The molecule has 3 rings (SSSR count). The molecule has 4 heteroatoms. The van der Waals surface area contributed by atoms with Crippen molar-refractivity contribution >= 4 is 22.5 Å². The van der Waals surface area contributed by atoms with Gasteiger partial charge >= 0.3 is 0 Å². The number of nitrogens with one attached hydrogen (secondary N) is 1. The minimum atomic E-state index is -0.121. The normalized spacial score (nSPS) is 10.6. The number of carbonyl (C=O) groups is 1. The number of benzene rings is 1. The highest BCUT2D eigenvalue weighted by Gasteiger charge is 2.10. The van der Waals surface area contributed by atoms with Gasteiger partial charge in [-0.15, -0.1) is 0 Å². The van der Waals surface area contributed by atoms with Crippen LogP contribution in [0.3, 0.4) is 0 Å². The molecule has 3 aromatic rings. The van der Waals surface area contributed by atoms with Crippen LogP contribution in [0.4, 0.5) is 5.69 Å². The quantitative estimate of drug-likeness (QED) is 0.761. The van der Waals surface area contributed by atoms with Crippen LogP contribution >= 0.6 is 0 Å². The second kappa shape index (κ2) is 4.57. The number of nitrogens with zero attached hydrogens (tertiary/aromatic N) is 2. The zero-order chi connectivity index (χ0) is 13.2. The predicted octanol–water partition coefficient (Wildman–Crippen LogP) is 2.83. The van der Waals surface area contributed by atoms with Gasteiger partial charge in [0.15, 0.2) is 0 Å². The van der Waals surface area contributed by atoms with E-state index in [0.29, 0.717) is 5.69 Å². The first kappa shape index (κ1) is 11.5. The van der Waals surface area contributed by atoms with Gasteiger partial charge in [-0.3, -0.25) is 9.78 Å². The van der Waals surface area contributed by atoms with Crippen molar-refractivity contribution in [1.82, 2.24) is 9.55 Å². The largest absolute Gasteiger partial charge is 0.347 e. The third kappa shape index (κ3) is 2.08. The van der Waals surface area contributed by atoms with Crippen LogP contribution in [-0.2, 0) is 7.05 Å². The number of hydrogen-bond acceptors (Lipinski definition) is 2. The van der Waals surface area contributed by atoms with Crippen molar-refractivity contribution in [2.24, 2.45) is 7.05 Å². The van der Waals surface area contributed by atoms with E-state index in [1.54, 1.807) is 16.8 Å². The summed E-state index contributed by atoms with van der Waals surface area (Å²) in [6, 6.07) is 13.1. The Hall–Kier alpha value is -2.62. The molecule has 0 aliphatic heterocycles. The highest BCUT2D eigenvalue weighted by atomic mass is 16.1. The number of hydrogen-bond donors (Lipinski definition) is 1. The Kier molecular flexibility index (Phi) is 2.76. The fraction of sp³-hybridized carbons (Fsp3) is 0.0667. The first-order chi connectivity index (χ1) is 9.25. The molecule has 19 heavy (non-hydrogen) atoms. The van der Waals surface area contributed by atoms with Crippen molar-refractivity contribution in [3.63, 3.8) is 0 Å². The Morgan fingerprint density at radius 2 is 2.05 bits per heavy atom. The molecule has 0 saturated heterocycles. The van der Waals surface area contributed by atoms with Crippen molar-refractivity contribution < 1.29 is 4.79 Å². The van der Waals surface area contributed by atoms with Crippen molar-refractivity contribution in [3.05, 3.63) is 60.6 Å². The summed E-state index contributed by atoms with van der Waals surface area (Å²) in [5, 5.41) is 3.87. The van der Waals surface area contributed by atoms with E-state index in [1.165, 1.54) is 0 Å². The summed E-state index contributed by atoms with van der Waals surface area (Å²) in [6.45, 7) is 0. The third-order valence-corrected chi connectivity index (χ3v) is 3.07. The van der Waals surface area contributed by atoms with E-state index in [4.69, 9.17) is 0 Å². The van der Waals surface area contributed by atoms with E-state index in [9.17, 15) is 4.79 Å². The van der Waals surface area contributed by atoms with Gasteiger partial charge in [-0.05, 0) is 36.4 Å². The smallest absolute Gasteiger partial charge is 0.272 e. The molecule has 0 saturated carbocycles. The standard InChI is InChI=1S/C15H13N3O/c1-18-10-4-8-14(18)15(19)17-13-7-2-6-12-11(13)5-3-9-16-12/h2-10H,1H3,(H,17,19). The second-order valence-corrected chi connectivity index (χ2v) is 4.33. The zero-order valence-electron chi connectivity index (χ0n) is 10.5. The molecule has 0 radical (unpaired) electrons. The Balaban J connectivity index is 1.98. The number of rotatable bonds is 2. The minimum absolute atomic E-state index is 0.121. The topological polar surface area (TPSA) is 46.9 Å². The minimum Gasteiger partial charge on any atom is -0.347 e. The summed E-state index contributed by atoms with van der Waals surface area (Å²) in [4.78, 5) is 16.5. The number of aromatic nitrogens is 2. The second-order valence-electron chi connectivity index (χ2n) is 4.33. The van der Waals surface area contributed by atoms with E-state index < -0.39 is 0 Å². The fourth-order valence-electron chi connectivity index (χ4n) is 2.10. The van der Waals surface area contributed by atoms with Gasteiger partial charge in [-0.1, -0.05) is 6.07 Å². The zero-order valence-corrected chi connectivity index (χ0v) is 10.5. The SMILES string of the molecule is Cn1cccc1C(=O)Nc1cccc2ncccc12. The molecular formula is C15H13N3O. The van der Waals surface area contributed by atoms with Gasteiger partial charge in [0.2, 0.25) is 0 Å². The Labute approximate surface area is 110 Å². The van der Waals surface area contributed by atoms with Crippen LogP contribution in [0, 0.1) is 0 Å². The van der Waals surface area contributed by atoms with Crippen LogP contribution in [0.5, 0.6) is 0 Å². The number of carbonyl (C=O) groups excluding carboxylic acids is 1. The third-order valence-electron chi connectivity index (χ3n) is 3.07. The summed E-state index contributed by atoms with van der Waals surface area (Å²) in [6.07, 6.45) is 3.59. The number of fused-ring (bicyclic) bond motifs is 1. The summed E-state index contributed by atoms with van der Waals surface area (Å²) in [5.41, 5.74) is 2.27. The van der Waals surface area contributed by atoms with Crippen LogP contribution in [0.1, 0.15) is 10.5 Å². The van der Waals surface area contributed by atoms with E-state index >= 15 is 0 Å². The van der Waals surface area contributed by atoms with Crippen LogP contribution in [0.2, 0.25) is 0 Å². The molecule has 0 aliphatic rings. The lowest BCUT2D eigenvalue weighted by Gasteiger charge is -2.08. The first-order valence-electron chi connectivity index (χ1n) is 6.02.